The maximum Gasteiger partial charge on any atom is 0.244 e. The molecular formula is C19H25F3N2O4. The second-order valence-corrected chi connectivity index (χ2v) is 6.55. The van der Waals surface area contributed by atoms with Crippen molar-refractivity contribution in [2.75, 3.05) is 38.2 Å². The second kappa shape index (κ2) is 11.0. The van der Waals surface area contributed by atoms with Crippen LogP contribution in [0.1, 0.15) is 32.6 Å². The summed E-state index contributed by atoms with van der Waals surface area (Å²) in [6.07, 6.45) is 2.73. The van der Waals surface area contributed by atoms with Gasteiger partial charge in [-0.25, -0.2) is 13.2 Å². The van der Waals surface area contributed by atoms with Crippen LogP contribution in [0.15, 0.2) is 12.1 Å². The van der Waals surface area contributed by atoms with Gasteiger partial charge in [0, 0.05) is 13.2 Å². The fraction of sp³-hybridized carbons (Fsp3) is 0.579. The van der Waals surface area contributed by atoms with Gasteiger partial charge in [0.25, 0.3) is 0 Å². The molecule has 0 radical (unpaired) electrons. The Labute approximate surface area is 162 Å². The summed E-state index contributed by atoms with van der Waals surface area (Å²) in [5.41, 5.74) is -0.479. The molecule has 0 spiro atoms. The molecule has 9 heteroatoms. The highest BCUT2D eigenvalue weighted by Gasteiger charge is 2.20. The van der Waals surface area contributed by atoms with E-state index in [0.29, 0.717) is 25.6 Å². The maximum absolute atomic E-state index is 13.7. The van der Waals surface area contributed by atoms with Crippen molar-refractivity contribution in [3.05, 3.63) is 29.6 Å². The number of nitrogens with one attached hydrogen (secondary N) is 1. The first-order valence-corrected chi connectivity index (χ1v) is 9.32. The first kappa shape index (κ1) is 22.2. The number of hydrogen-bond acceptors (Lipinski definition) is 4. The largest absolute Gasteiger partial charge is 0.378 e. The average Bonchev–Trinajstić information content (AvgIpc) is 3.18. The number of carbonyl (C=O) groups excluding carboxylic acids is 2. The van der Waals surface area contributed by atoms with E-state index < -0.39 is 29.0 Å². The summed E-state index contributed by atoms with van der Waals surface area (Å²) in [5.74, 6) is -5.48. The van der Waals surface area contributed by atoms with Crippen molar-refractivity contribution in [1.29, 1.82) is 0 Å². The van der Waals surface area contributed by atoms with E-state index in [4.69, 9.17) is 9.47 Å². The van der Waals surface area contributed by atoms with Crippen LogP contribution >= 0.6 is 0 Å². The van der Waals surface area contributed by atoms with E-state index in [0.717, 1.165) is 25.5 Å². The number of halogens is 3. The van der Waals surface area contributed by atoms with E-state index in [9.17, 15) is 22.8 Å². The van der Waals surface area contributed by atoms with E-state index >= 15 is 0 Å². The molecule has 1 aromatic carbocycles. The number of anilines is 1. The van der Waals surface area contributed by atoms with Gasteiger partial charge in [0.05, 0.1) is 38.0 Å². The van der Waals surface area contributed by atoms with Gasteiger partial charge in [-0.1, -0.05) is 6.92 Å². The summed E-state index contributed by atoms with van der Waals surface area (Å²) in [5, 5.41) is 2.16. The third-order valence-corrected chi connectivity index (χ3v) is 4.28. The molecule has 1 N–H and O–H groups in total. The van der Waals surface area contributed by atoms with Crippen molar-refractivity contribution in [3.8, 4) is 0 Å². The molecule has 1 fully saturated rings. The molecule has 28 heavy (non-hydrogen) atoms. The number of amides is 2. The second-order valence-electron chi connectivity index (χ2n) is 6.55. The average molecular weight is 402 g/mol. The fourth-order valence-electron chi connectivity index (χ4n) is 2.86. The Bertz CT molecular complexity index is 681. The Kier molecular flexibility index (Phi) is 8.72. The SMILES string of the molecule is CCCN(CC(=O)Nc1ccc(F)c(F)c1F)C(=O)CCOCC1CCCO1. The van der Waals surface area contributed by atoms with Gasteiger partial charge in [-0.15, -0.1) is 0 Å². The highest BCUT2D eigenvalue weighted by atomic mass is 19.2. The van der Waals surface area contributed by atoms with Crippen molar-refractivity contribution in [3.63, 3.8) is 0 Å². The molecule has 1 aliphatic heterocycles. The molecule has 1 aliphatic rings. The Morgan fingerprint density at radius 2 is 2.07 bits per heavy atom. The zero-order valence-electron chi connectivity index (χ0n) is 15.8. The molecule has 1 unspecified atom stereocenters. The molecule has 0 saturated carbocycles. The predicted octanol–water partition coefficient (Wildman–Crippen LogP) is 2.87. The lowest BCUT2D eigenvalue weighted by Gasteiger charge is -2.22. The van der Waals surface area contributed by atoms with Gasteiger partial charge >= 0.3 is 0 Å². The van der Waals surface area contributed by atoms with Gasteiger partial charge in [-0.2, -0.15) is 0 Å². The summed E-state index contributed by atoms with van der Waals surface area (Å²) in [4.78, 5) is 25.8. The molecule has 1 aromatic rings. The summed E-state index contributed by atoms with van der Waals surface area (Å²) in [6.45, 7) is 3.22. The smallest absolute Gasteiger partial charge is 0.244 e. The molecule has 156 valence electrons. The van der Waals surface area contributed by atoms with Crippen LogP contribution in [0.4, 0.5) is 18.9 Å². The number of rotatable bonds is 10. The number of nitrogens with zero attached hydrogens (tertiary/aromatic N) is 1. The molecule has 1 heterocycles. The quantitative estimate of drug-likeness (QED) is 0.483. The lowest BCUT2D eigenvalue weighted by molar-refractivity contribution is -0.135. The fourth-order valence-corrected chi connectivity index (χ4v) is 2.86. The third-order valence-electron chi connectivity index (χ3n) is 4.28. The molecule has 2 rings (SSSR count). The predicted molar refractivity (Wildman–Crippen MR) is 96.2 cm³/mol. The van der Waals surface area contributed by atoms with Gasteiger partial charge < -0.3 is 19.7 Å². The minimum absolute atomic E-state index is 0.0682. The van der Waals surface area contributed by atoms with Crippen molar-refractivity contribution < 1.29 is 32.2 Å². The van der Waals surface area contributed by atoms with Crippen molar-refractivity contribution in [2.45, 2.75) is 38.7 Å². The van der Waals surface area contributed by atoms with E-state index in [1.165, 1.54) is 4.90 Å². The van der Waals surface area contributed by atoms with Gasteiger partial charge in [-0.05, 0) is 31.4 Å². The number of hydrogen-bond donors (Lipinski definition) is 1. The van der Waals surface area contributed by atoms with Gasteiger partial charge in [-0.3, -0.25) is 9.59 Å². The monoisotopic (exact) mass is 402 g/mol. The van der Waals surface area contributed by atoms with Crippen LogP contribution in [-0.4, -0.2) is 55.7 Å². The molecular weight excluding hydrogens is 377 g/mol. The Morgan fingerprint density at radius 1 is 1.29 bits per heavy atom. The molecule has 0 bridgehead atoms. The molecule has 0 aromatic heterocycles. The summed E-state index contributed by atoms with van der Waals surface area (Å²) >= 11 is 0. The first-order valence-electron chi connectivity index (χ1n) is 9.32. The van der Waals surface area contributed by atoms with Gasteiger partial charge in [0.1, 0.15) is 0 Å². The molecule has 1 saturated heterocycles. The normalized spacial score (nSPS) is 16.2. The zero-order chi connectivity index (χ0) is 20.5. The van der Waals surface area contributed by atoms with Crippen LogP contribution in [0.2, 0.25) is 0 Å². The van der Waals surface area contributed by atoms with Crippen LogP contribution in [0, 0.1) is 17.5 Å². The lowest BCUT2D eigenvalue weighted by Crippen LogP contribution is -2.39. The Hall–Kier alpha value is -2.13. The van der Waals surface area contributed by atoms with E-state index in [-0.39, 0.29) is 31.6 Å². The van der Waals surface area contributed by atoms with Crippen LogP contribution < -0.4 is 5.32 Å². The third kappa shape index (κ3) is 6.49. The van der Waals surface area contributed by atoms with Crippen LogP contribution in [0.5, 0.6) is 0 Å². The minimum Gasteiger partial charge on any atom is -0.378 e. The molecule has 6 nitrogen and oxygen atoms in total. The van der Waals surface area contributed by atoms with Gasteiger partial charge in [0.15, 0.2) is 17.5 Å². The summed E-state index contributed by atoms with van der Waals surface area (Å²) < 4.78 is 50.8. The molecule has 2 amide bonds. The number of benzene rings is 1. The minimum atomic E-state index is -1.66. The lowest BCUT2D eigenvalue weighted by atomic mass is 10.2. The van der Waals surface area contributed by atoms with E-state index in [2.05, 4.69) is 5.32 Å². The van der Waals surface area contributed by atoms with Crippen LogP contribution in [0.25, 0.3) is 0 Å². The van der Waals surface area contributed by atoms with Crippen molar-refractivity contribution in [2.24, 2.45) is 0 Å². The van der Waals surface area contributed by atoms with E-state index in [1.807, 2.05) is 6.92 Å². The highest BCUT2D eigenvalue weighted by Crippen LogP contribution is 2.19. The first-order chi connectivity index (χ1) is 13.4. The zero-order valence-corrected chi connectivity index (χ0v) is 15.8. The number of ether oxygens (including phenoxy) is 2. The van der Waals surface area contributed by atoms with E-state index in [1.54, 1.807) is 0 Å². The molecule has 1 atom stereocenters. The Balaban J connectivity index is 1.82. The molecule has 0 aliphatic carbocycles. The van der Waals surface area contributed by atoms with Crippen LogP contribution in [0.3, 0.4) is 0 Å². The standard InChI is InChI=1S/C19H25F3N2O4/c1-2-8-24(17(26)7-10-27-12-13-4-3-9-28-13)11-16(25)23-15-6-5-14(20)18(21)19(15)22/h5-6,13H,2-4,7-12H2,1H3,(H,23,25). The highest BCUT2D eigenvalue weighted by molar-refractivity contribution is 5.94. The summed E-state index contributed by atoms with van der Waals surface area (Å²) in [6, 6.07) is 1.64. The Morgan fingerprint density at radius 3 is 2.75 bits per heavy atom. The maximum atomic E-state index is 13.7. The van der Waals surface area contributed by atoms with Crippen molar-refractivity contribution >= 4 is 17.5 Å². The summed E-state index contributed by atoms with van der Waals surface area (Å²) in [7, 11) is 0. The van der Waals surface area contributed by atoms with Gasteiger partial charge in [0.2, 0.25) is 11.8 Å². The van der Waals surface area contributed by atoms with Crippen molar-refractivity contribution in [1.82, 2.24) is 4.90 Å². The topological polar surface area (TPSA) is 67.9 Å². The van der Waals surface area contributed by atoms with Crippen LogP contribution in [-0.2, 0) is 19.1 Å². The number of carbonyl (C=O) groups is 2.